The quantitative estimate of drug-likeness (QED) is 0.822. The lowest BCUT2D eigenvalue weighted by molar-refractivity contribution is -0.122. The third-order valence-electron chi connectivity index (χ3n) is 4.61. The van der Waals surface area contributed by atoms with Crippen LogP contribution in [0.2, 0.25) is 0 Å². The highest BCUT2D eigenvalue weighted by Gasteiger charge is 2.19. The van der Waals surface area contributed by atoms with Gasteiger partial charge in [0.25, 0.3) is 5.91 Å². The fourth-order valence-electron chi connectivity index (χ4n) is 3.13. The first-order valence-electron chi connectivity index (χ1n) is 9.24. The van der Waals surface area contributed by atoms with Crippen molar-refractivity contribution in [3.63, 3.8) is 0 Å². The molecule has 0 saturated carbocycles. The van der Waals surface area contributed by atoms with Crippen molar-refractivity contribution in [1.29, 1.82) is 0 Å². The summed E-state index contributed by atoms with van der Waals surface area (Å²) in [5.41, 5.74) is 1.94. The number of halogens is 1. The van der Waals surface area contributed by atoms with Gasteiger partial charge in [0.15, 0.2) is 6.10 Å². The molecule has 0 aliphatic carbocycles. The molecule has 1 aliphatic heterocycles. The van der Waals surface area contributed by atoms with E-state index >= 15 is 0 Å². The molecule has 26 heavy (non-hydrogen) atoms. The van der Waals surface area contributed by atoms with Gasteiger partial charge in [0, 0.05) is 24.5 Å². The molecule has 1 unspecified atom stereocenters. The molecule has 2 aromatic carbocycles. The number of carbonyl (C=O) groups excluding carboxylic acids is 1. The molecule has 1 aliphatic rings. The summed E-state index contributed by atoms with van der Waals surface area (Å²) in [5, 5.41) is 2.90. The predicted molar refractivity (Wildman–Crippen MR) is 102 cm³/mol. The van der Waals surface area contributed by atoms with Gasteiger partial charge in [0.1, 0.15) is 11.6 Å². The molecule has 1 saturated heterocycles. The second-order valence-electron chi connectivity index (χ2n) is 6.55. The Labute approximate surface area is 154 Å². The van der Waals surface area contributed by atoms with Crippen LogP contribution < -0.4 is 15.0 Å². The second kappa shape index (κ2) is 8.70. The van der Waals surface area contributed by atoms with Gasteiger partial charge < -0.3 is 15.0 Å². The first kappa shape index (κ1) is 18.2. The highest BCUT2D eigenvalue weighted by molar-refractivity contribution is 5.94. The van der Waals surface area contributed by atoms with Crippen LogP contribution in [0.15, 0.2) is 48.5 Å². The molecule has 5 heteroatoms. The van der Waals surface area contributed by atoms with Crippen molar-refractivity contribution in [3.8, 4) is 5.75 Å². The molecule has 1 N–H and O–H groups in total. The molecule has 0 aromatic heterocycles. The highest BCUT2D eigenvalue weighted by Crippen LogP contribution is 2.22. The number of piperidine rings is 1. The first-order chi connectivity index (χ1) is 12.7. The summed E-state index contributed by atoms with van der Waals surface area (Å²) in [5.74, 6) is -0.0555. The summed E-state index contributed by atoms with van der Waals surface area (Å²) in [6.07, 6.45) is 3.67. The maximum atomic E-state index is 13.0. The highest BCUT2D eigenvalue weighted by atomic mass is 19.1. The van der Waals surface area contributed by atoms with E-state index in [1.165, 1.54) is 49.2 Å². The smallest absolute Gasteiger partial charge is 0.265 e. The summed E-state index contributed by atoms with van der Waals surface area (Å²) in [4.78, 5) is 14.9. The molecule has 1 atom stereocenters. The maximum Gasteiger partial charge on any atom is 0.265 e. The van der Waals surface area contributed by atoms with E-state index in [4.69, 9.17) is 4.74 Å². The van der Waals surface area contributed by atoms with Crippen molar-refractivity contribution < 1.29 is 13.9 Å². The monoisotopic (exact) mass is 356 g/mol. The van der Waals surface area contributed by atoms with Gasteiger partial charge in [-0.05, 0) is 74.2 Å². The lowest BCUT2D eigenvalue weighted by atomic mass is 10.1. The molecule has 1 heterocycles. The molecule has 0 radical (unpaired) electrons. The minimum Gasteiger partial charge on any atom is -0.481 e. The van der Waals surface area contributed by atoms with Gasteiger partial charge in [-0.2, -0.15) is 0 Å². The summed E-state index contributed by atoms with van der Waals surface area (Å²) in [6.45, 7) is 4.07. The van der Waals surface area contributed by atoms with Crippen LogP contribution in [0.4, 0.5) is 15.8 Å². The van der Waals surface area contributed by atoms with Crippen LogP contribution >= 0.6 is 0 Å². The topological polar surface area (TPSA) is 41.6 Å². The number of nitrogens with one attached hydrogen (secondary N) is 1. The zero-order valence-corrected chi connectivity index (χ0v) is 15.1. The van der Waals surface area contributed by atoms with Crippen molar-refractivity contribution in [2.24, 2.45) is 0 Å². The van der Waals surface area contributed by atoms with E-state index in [0.29, 0.717) is 12.2 Å². The van der Waals surface area contributed by atoms with E-state index in [1.807, 2.05) is 31.2 Å². The van der Waals surface area contributed by atoms with Gasteiger partial charge in [-0.1, -0.05) is 6.92 Å². The van der Waals surface area contributed by atoms with Crippen LogP contribution in [0, 0.1) is 5.82 Å². The molecule has 1 fully saturated rings. The van der Waals surface area contributed by atoms with Crippen molar-refractivity contribution in [2.75, 3.05) is 23.3 Å². The summed E-state index contributed by atoms with van der Waals surface area (Å²) < 4.78 is 18.7. The van der Waals surface area contributed by atoms with Gasteiger partial charge in [-0.25, -0.2) is 4.39 Å². The molecule has 2 aromatic rings. The Hall–Kier alpha value is -2.56. The molecule has 3 rings (SSSR count). The van der Waals surface area contributed by atoms with Crippen molar-refractivity contribution >= 4 is 17.3 Å². The minimum atomic E-state index is -0.623. The molecular weight excluding hydrogens is 331 g/mol. The lowest BCUT2D eigenvalue weighted by Crippen LogP contribution is -2.32. The van der Waals surface area contributed by atoms with Crippen LogP contribution in [-0.2, 0) is 4.79 Å². The van der Waals surface area contributed by atoms with Crippen molar-refractivity contribution in [3.05, 3.63) is 54.3 Å². The van der Waals surface area contributed by atoms with E-state index in [1.54, 1.807) is 0 Å². The Morgan fingerprint density at radius 3 is 2.35 bits per heavy atom. The number of amides is 1. The zero-order valence-electron chi connectivity index (χ0n) is 15.1. The number of anilines is 2. The molecule has 0 spiro atoms. The van der Waals surface area contributed by atoms with E-state index < -0.39 is 6.10 Å². The van der Waals surface area contributed by atoms with Crippen LogP contribution in [0.3, 0.4) is 0 Å². The standard InChI is InChI=1S/C21H25FN2O2/c1-2-20(26-19-12-6-16(22)7-13-19)21(25)23-17-8-10-18(11-9-17)24-14-4-3-5-15-24/h6-13,20H,2-5,14-15H2,1H3,(H,23,25). The fraction of sp³-hybridized carbons (Fsp3) is 0.381. The van der Waals surface area contributed by atoms with Crippen LogP contribution in [0.5, 0.6) is 5.75 Å². The van der Waals surface area contributed by atoms with E-state index in [2.05, 4.69) is 10.2 Å². The Kier molecular flexibility index (Phi) is 6.10. The Morgan fingerprint density at radius 1 is 1.08 bits per heavy atom. The summed E-state index contributed by atoms with van der Waals surface area (Å²) in [6, 6.07) is 13.6. The number of benzene rings is 2. The van der Waals surface area contributed by atoms with Crippen LogP contribution in [-0.4, -0.2) is 25.1 Å². The van der Waals surface area contributed by atoms with Crippen molar-refractivity contribution in [2.45, 2.75) is 38.7 Å². The molecule has 4 nitrogen and oxygen atoms in total. The zero-order chi connectivity index (χ0) is 18.4. The third kappa shape index (κ3) is 4.75. The number of carbonyl (C=O) groups is 1. The molecular formula is C21H25FN2O2. The number of hydrogen-bond acceptors (Lipinski definition) is 3. The van der Waals surface area contributed by atoms with Crippen LogP contribution in [0.1, 0.15) is 32.6 Å². The number of rotatable bonds is 6. The normalized spacial score (nSPS) is 15.4. The van der Waals surface area contributed by atoms with E-state index in [0.717, 1.165) is 18.8 Å². The number of nitrogens with zero attached hydrogens (tertiary/aromatic N) is 1. The van der Waals surface area contributed by atoms with Gasteiger partial charge in [-0.3, -0.25) is 4.79 Å². The largest absolute Gasteiger partial charge is 0.481 e. The van der Waals surface area contributed by atoms with Crippen molar-refractivity contribution in [1.82, 2.24) is 0 Å². The molecule has 1 amide bonds. The van der Waals surface area contributed by atoms with Gasteiger partial charge in [0.05, 0.1) is 0 Å². The Balaban J connectivity index is 1.59. The fourth-order valence-corrected chi connectivity index (χ4v) is 3.13. The molecule has 138 valence electrons. The summed E-state index contributed by atoms with van der Waals surface area (Å²) >= 11 is 0. The Morgan fingerprint density at radius 2 is 1.73 bits per heavy atom. The van der Waals surface area contributed by atoms with E-state index in [-0.39, 0.29) is 11.7 Å². The lowest BCUT2D eigenvalue weighted by Gasteiger charge is -2.28. The third-order valence-corrected chi connectivity index (χ3v) is 4.61. The molecule has 0 bridgehead atoms. The minimum absolute atomic E-state index is 0.206. The van der Waals surface area contributed by atoms with Gasteiger partial charge in [0.2, 0.25) is 0 Å². The summed E-state index contributed by atoms with van der Waals surface area (Å²) in [7, 11) is 0. The van der Waals surface area contributed by atoms with E-state index in [9.17, 15) is 9.18 Å². The second-order valence-corrected chi connectivity index (χ2v) is 6.55. The maximum absolute atomic E-state index is 13.0. The number of hydrogen-bond donors (Lipinski definition) is 1. The van der Waals surface area contributed by atoms with Gasteiger partial charge in [-0.15, -0.1) is 0 Å². The average Bonchev–Trinajstić information content (AvgIpc) is 2.68. The average molecular weight is 356 g/mol. The SMILES string of the molecule is CCC(Oc1ccc(F)cc1)C(=O)Nc1ccc(N2CCCCC2)cc1. The van der Waals surface area contributed by atoms with Crippen LogP contribution in [0.25, 0.3) is 0 Å². The first-order valence-corrected chi connectivity index (χ1v) is 9.24. The predicted octanol–water partition coefficient (Wildman–Crippen LogP) is 4.61. The Bertz CT molecular complexity index is 710. The van der Waals surface area contributed by atoms with Gasteiger partial charge >= 0.3 is 0 Å². The number of ether oxygens (including phenoxy) is 1.